The second-order valence-electron chi connectivity index (χ2n) is 4.59. The molecule has 4 nitrogen and oxygen atoms in total. The first-order valence-electron chi connectivity index (χ1n) is 6.59. The van der Waals surface area contributed by atoms with Crippen LogP contribution < -0.4 is 10.1 Å². The molecule has 0 aromatic heterocycles. The highest BCUT2D eigenvalue weighted by Gasteiger charge is 2.18. The quantitative estimate of drug-likeness (QED) is 0.768. The average Bonchev–Trinajstić information content (AvgIpc) is 2.42. The Kier molecular flexibility index (Phi) is 6.36. The minimum atomic E-state index is -0.424. The lowest BCUT2D eigenvalue weighted by Crippen LogP contribution is -2.42. The van der Waals surface area contributed by atoms with Crippen LogP contribution in [0.4, 0.5) is 0 Å². The highest BCUT2D eigenvalue weighted by atomic mass is 16.5. The van der Waals surface area contributed by atoms with Crippen LogP contribution in [-0.2, 0) is 9.53 Å². The first kappa shape index (κ1) is 15.5. The molecule has 0 fully saturated rings. The van der Waals surface area contributed by atoms with Crippen molar-refractivity contribution in [2.75, 3.05) is 20.3 Å². The predicted octanol–water partition coefficient (Wildman–Crippen LogP) is 2.22. The number of hydrogen-bond acceptors (Lipinski definition) is 4. The zero-order valence-electron chi connectivity index (χ0n) is 12.2. The van der Waals surface area contributed by atoms with Crippen LogP contribution in [0.1, 0.15) is 24.5 Å². The minimum absolute atomic E-state index is 0.273. The van der Waals surface area contributed by atoms with E-state index in [1.54, 1.807) is 0 Å². The fourth-order valence-corrected chi connectivity index (χ4v) is 1.65. The molecule has 1 unspecified atom stereocenters. The number of aryl methyl sites for hydroxylation is 2. The smallest absolute Gasteiger partial charge is 0.326 e. The molecule has 106 valence electrons. The third kappa shape index (κ3) is 4.91. The van der Waals surface area contributed by atoms with E-state index in [2.05, 4.69) is 12.2 Å². The Bertz CT molecular complexity index is 418. The van der Waals surface area contributed by atoms with Crippen LogP contribution in [0.3, 0.4) is 0 Å². The summed E-state index contributed by atoms with van der Waals surface area (Å²) >= 11 is 0. The van der Waals surface area contributed by atoms with Gasteiger partial charge in [0.25, 0.3) is 0 Å². The molecule has 0 saturated carbocycles. The summed E-state index contributed by atoms with van der Waals surface area (Å²) in [6, 6.07) is 5.48. The van der Waals surface area contributed by atoms with E-state index in [0.717, 1.165) is 18.7 Å². The van der Waals surface area contributed by atoms with Gasteiger partial charge < -0.3 is 14.8 Å². The van der Waals surface area contributed by atoms with E-state index < -0.39 is 6.04 Å². The molecule has 0 radical (unpaired) electrons. The van der Waals surface area contributed by atoms with Crippen LogP contribution in [0.5, 0.6) is 5.75 Å². The van der Waals surface area contributed by atoms with Crippen molar-refractivity contribution < 1.29 is 14.3 Å². The molecule has 0 bridgehead atoms. The summed E-state index contributed by atoms with van der Waals surface area (Å²) in [5, 5.41) is 3.12. The number of methoxy groups -OCH3 is 1. The average molecular weight is 265 g/mol. The van der Waals surface area contributed by atoms with Crippen LogP contribution in [-0.4, -0.2) is 32.3 Å². The van der Waals surface area contributed by atoms with Gasteiger partial charge in [0.2, 0.25) is 0 Å². The summed E-state index contributed by atoms with van der Waals surface area (Å²) in [4.78, 5) is 11.6. The molecule has 0 amide bonds. The van der Waals surface area contributed by atoms with Crippen molar-refractivity contribution >= 4 is 5.97 Å². The Hall–Kier alpha value is -1.55. The number of carbonyl (C=O) groups excluding carboxylic acids is 1. The van der Waals surface area contributed by atoms with Crippen LogP contribution in [0.2, 0.25) is 0 Å². The number of rotatable bonds is 7. The van der Waals surface area contributed by atoms with Crippen molar-refractivity contribution in [1.82, 2.24) is 5.32 Å². The standard InChI is InChI=1S/C15H23NO3/c1-5-8-16-14(15(17)18-4)10-19-13-7-6-11(2)12(3)9-13/h6-7,9,14,16H,5,8,10H2,1-4H3. The molecule has 0 aliphatic carbocycles. The Balaban J connectivity index is 2.59. The lowest BCUT2D eigenvalue weighted by molar-refractivity contribution is -0.143. The van der Waals surface area contributed by atoms with Crippen molar-refractivity contribution in [2.24, 2.45) is 0 Å². The highest BCUT2D eigenvalue weighted by Crippen LogP contribution is 2.16. The molecule has 1 rings (SSSR count). The molecule has 1 atom stereocenters. The van der Waals surface area contributed by atoms with Crippen molar-refractivity contribution in [3.8, 4) is 5.75 Å². The molecular weight excluding hydrogens is 242 g/mol. The predicted molar refractivity (Wildman–Crippen MR) is 75.5 cm³/mol. The second-order valence-corrected chi connectivity index (χ2v) is 4.59. The van der Waals surface area contributed by atoms with E-state index in [0.29, 0.717) is 0 Å². The van der Waals surface area contributed by atoms with E-state index in [-0.39, 0.29) is 12.6 Å². The van der Waals surface area contributed by atoms with Gasteiger partial charge in [-0.05, 0) is 50.1 Å². The Morgan fingerprint density at radius 1 is 1.32 bits per heavy atom. The van der Waals surface area contributed by atoms with Gasteiger partial charge in [-0.1, -0.05) is 13.0 Å². The van der Waals surface area contributed by atoms with Gasteiger partial charge in [0.1, 0.15) is 18.4 Å². The summed E-state index contributed by atoms with van der Waals surface area (Å²) < 4.78 is 10.4. The van der Waals surface area contributed by atoms with E-state index in [1.165, 1.54) is 18.2 Å². The van der Waals surface area contributed by atoms with Crippen LogP contribution in [0.25, 0.3) is 0 Å². The molecule has 4 heteroatoms. The topological polar surface area (TPSA) is 47.6 Å². The van der Waals surface area contributed by atoms with E-state index in [1.807, 2.05) is 32.0 Å². The maximum atomic E-state index is 11.6. The zero-order chi connectivity index (χ0) is 14.3. The summed E-state index contributed by atoms with van der Waals surface area (Å²) in [5.74, 6) is 0.479. The van der Waals surface area contributed by atoms with Gasteiger partial charge in [-0.15, -0.1) is 0 Å². The van der Waals surface area contributed by atoms with Crippen molar-refractivity contribution in [1.29, 1.82) is 0 Å². The zero-order valence-corrected chi connectivity index (χ0v) is 12.2. The minimum Gasteiger partial charge on any atom is -0.491 e. The van der Waals surface area contributed by atoms with Gasteiger partial charge in [-0.3, -0.25) is 4.79 Å². The summed E-state index contributed by atoms with van der Waals surface area (Å²) in [6.07, 6.45) is 0.955. The Morgan fingerprint density at radius 2 is 2.05 bits per heavy atom. The molecule has 0 heterocycles. The third-order valence-electron chi connectivity index (χ3n) is 3.02. The number of nitrogens with one attached hydrogen (secondary N) is 1. The Morgan fingerprint density at radius 3 is 2.63 bits per heavy atom. The fourth-order valence-electron chi connectivity index (χ4n) is 1.65. The number of esters is 1. The molecule has 0 aliphatic rings. The number of hydrogen-bond donors (Lipinski definition) is 1. The van der Waals surface area contributed by atoms with Gasteiger partial charge >= 0.3 is 5.97 Å². The molecule has 1 N–H and O–H groups in total. The third-order valence-corrected chi connectivity index (χ3v) is 3.02. The SMILES string of the molecule is CCCNC(COc1ccc(C)c(C)c1)C(=O)OC. The van der Waals surface area contributed by atoms with E-state index in [4.69, 9.17) is 9.47 Å². The molecule has 19 heavy (non-hydrogen) atoms. The Labute approximate surface area is 115 Å². The number of carbonyl (C=O) groups is 1. The van der Waals surface area contributed by atoms with Gasteiger partial charge in [0, 0.05) is 0 Å². The van der Waals surface area contributed by atoms with E-state index in [9.17, 15) is 4.79 Å². The van der Waals surface area contributed by atoms with Gasteiger partial charge in [-0.2, -0.15) is 0 Å². The molecular formula is C15H23NO3. The molecule has 0 saturated heterocycles. The summed E-state index contributed by atoms with van der Waals surface area (Å²) in [6.45, 7) is 7.17. The lowest BCUT2D eigenvalue weighted by atomic mass is 10.1. The van der Waals surface area contributed by atoms with Crippen molar-refractivity contribution in [3.63, 3.8) is 0 Å². The largest absolute Gasteiger partial charge is 0.491 e. The highest BCUT2D eigenvalue weighted by molar-refractivity contribution is 5.75. The van der Waals surface area contributed by atoms with Crippen molar-refractivity contribution in [2.45, 2.75) is 33.2 Å². The second kappa shape index (κ2) is 7.79. The van der Waals surface area contributed by atoms with Gasteiger partial charge in [0.15, 0.2) is 0 Å². The van der Waals surface area contributed by atoms with E-state index >= 15 is 0 Å². The first-order chi connectivity index (χ1) is 9.08. The lowest BCUT2D eigenvalue weighted by Gasteiger charge is -2.17. The number of benzene rings is 1. The molecule has 1 aromatic rings. The first-order valence-corrected chi connectivity index (χ1v) is 6.59. The maximum absolute atomic E-state index is 11.6. The van der Waals surface area contributed by atoms with Crippen LogP contribution in [0.15, 0.2) is 18.2 Å². The van der Waals surface area contributed by atoms with Crippen LogP contribution >= 0.6 is 0 Å². The fraction of sp³-hybridized carbons (Fsp3) is 0.533. The maximum Gasteiger partial charge on any atom is 0.326 e. The molecule has 0 spiro atoms. The monoisotopic (exact) mass is 265 g/mol. The number of ether oxygens (including phenoxy) is 2. The molecule has 0 aliphatic heterocycles. The van der Waals surface area contributed by atoms with Crippen molar-refractivity contribution in [3.05, 3.63) is 29.3 Å². The summed E-state index contributed by atoms with van der Waals surface area (Å²) in [5.41, 5.74) is 2.40. The normalized spacial score (nSPS) is 12.0. The van der Waals surface area contributed by atoms with Crippen LogP contribution in [0, 0.1) is 13.8 Å². The molecule has 1 aromatic carbocycles. The summed E-state index contributed by atoms with van der Waals surface area (Å²) in [7, 11) is 1.39. The van der Waals surface area contributed by atoms with Gasteiger partial charge in [-0.25, -0.2) is 0 Å². The van der Waals surface area contributed by atoms with Gasteiger partial charge in [0.05, 0.1) is 7.11 Å².